The molecule has 5 nitrogen and oxygen atoms in total. The molecule has 0 saturated carbocycles. The number of amides is 1. The topological polar surface area (TPSA) is 72.5 Å². The lowest BCUT2D eigenvalue weighted by Gasteiger charge is -2.09. The third-order valence-corrected chi connectivity index (χ3v) is 5.04. The number of ketones is 1. The molecule has 27 heavy (non-hydrogen) atoms. The van der Waals surface area contributed by atoms with Crippen molar-refractivity contribution in [3.8, 4) is 0 Å². The minimum Gasteiger partial charge on any atom is -0.456 e. The molecule has 138 valence electrons. The molecule has 1 N–H and O–H groups in total. The Morgan fingerprint density at radius 3 is 2.52 bits per heavy atom. The van der Waals surface area contributed by atoms with Gasteiger partial charge >= 0.3 is 5.97 Å². The molecule has 3 aromatic rings. The zero-order chi connectivity index (χ0) is 19.2. The number of benzene rings is 2. The van der Waals surface area contributed by atoms with E-state index < -0.39 is 11.9 Å². The highest BCUT2D eigenvalue weighted by Gasteiger charge is 2.13. The maximum Gasteiger partial charge on any atom is 0.306 e. The summed E-state index contributed by atoms with van der Waals surface area (Å²) in [7, 11) is 0. The van der Waals surface area contributed by atoms with E-state index in [1.165, 1.54) is 11.3 Å². The van der Waals surface area contributed by atoms with Gasteiger partial charge in [-0.3, -0.25) is 14.4 Å². The van der Waals surface area contributed by atoms with Crippen molar-refractivity contribution in [2.24, 2.45) is 0 Å². The third kappa shape index (κ3) is 5.01. The fourth-order valence-corrected chi connectivity index (χ4v) is 3.50. The van der Waals surface area contributed by atoms with Crippen molar-refractivity contribution in [1.29, 1.82) is 0 Å². The predicted octanol–water partition coefficient (Wildman–Crippen LogP) is 4.35. The number of rotatable bonds is 7. The van der Waals surface area contributed by atoms with Crippen LogP contribution in [0.1, 0.15) is 27.4 Å². The number of hydrogen-bond acceptors (Lipinski definition) is 5. The number of fused-ring (bicyclic) bond motifs is 1. The Balaban J connectivity index is 1.47. The SMILES string of the molecule is Cc1ccc(C(=O)CCC(=O)OCC(=O)Nc2cccc3ccccc23)s1. The van der Waals surface area contributed by atoms with Crippen LogP contribution in [0.15, 0.2) is 54.6 Å². The minimum atomic E-state index is -0.565. The van der Waals surface area contributed by atoms with Gasteiger partial charge in [-0.15, -0.1) is 11.3 Å². The number of ether oxygens (including phenoxy) is 1. The summed E-state index contributed by atoms with van der Waals surface area (Å²) in [4.78, 5) is 37.5. The Morgan fingerprint density at radius 1 is 0.963 bits per heavy atom. The smallest absolute Gasteiger partial charge is 0.306 e. The number of Topliss-reactive ketones (excluding diaryl/α,β-unsaturated/α-hetero) is 1. The average molecular weight is 381 g/mol. The molecule has 2 aromatic carbocycles. The first kappa shape index (κ1) is 18.8. The summed E-state index contributed by atoms with van der Waals surface area (Å²) >= 11 is 1.40. The largest absolute Gasteiger partial charge is 0.456 e. The summed E-state index contributed by atoms with van der Waals surface area (Å²) in [6.07, 6.45) is 0.0288. The van der Waals surface area contributed by atoms with E-state index in [1.54, 1.807) is 12.1 Å². The molecule has 0 aliphatic rings. The third-order valence-electron chi connectivity index (χ3n) is 4.00. The normalized spacial score (nSPS) is 10.6. The lowest BCUT2D eigenvalue weighted by Crippen LogP contribution is -2.21. The number of anilines is 1. The Kier molecular flexibility index (Phi) is 5.98. The molecule has 6 heteroatoms. The zero-order valence-electron chi connectivity index (χ0n) is 14.9. The van der Waals surface area contributed by atoms with Gasteiger partial charge in [0.05, 0.1) is 11.3 Å². The van der Waals surface area contributed by atoms with Crippen LogP contribution in [0.2, 0.25) is 0 Å². The van der Waals surface area contributed by atoms with E-state index in [-0.39, 0.29) is 25.2 Å². The zero-order valence-corrected chi connectivity index (χ0v) is 15.7. The van der Waals surface area contributed by atoms with Crippen molar-refractivity contribution in [3.63, 3.8) is 0 Å². The highest BCUT2D eigenvalue weighted by molar-refractivity contribution is 7.14. The van der Waals surface area contributed by atoms with Crippen molar-refractivity contribution in [2.75, 3.05) is 11.9 Å². The molecule has 0 aliphatic carbocycles. The van der Waals surface area contributed by atoms with Crippen LogP contribution in [-0.4, -0.2) is 24.3 Å². The van der Waals surface area contributed by atoms with Crippen LogP contribution in [0, 0.1) is 6.92 Å². The molecule has 1 aromatic heterocycles. The number of hydrogen-bond donors (Lipinski definition) is 1. The molecule has 0 fully saturated rings. The Bertz CT molecular complexity index is 987. The molecular weight excluding hydrogens is 362 g/mol. The molecule has 0 spiro atoms. The van der Waals surface area contributed by atoms with Gasteiger partial charge in [0.2, 0.25) is 0 Å². The molecule has 3 rings (SSSR count). The standard InChI is InChI=1S/C21H19NO4S/c1-14-9-11-19(27-14)18(23)10-12-21(25)26-13-20(24)22-17-8-4-6-15-5-2-3-7-16(15)17/h2-9,11H,10,12-13H2,1H3,(H,22,24). The fourth-order valence-electron chi connectivity index (χ4n) is 2.66. The van der Waals surface area contributed by atoms with Gasteiger partial charge in [0.15, 0.2) is 12.4 Å². The van der Waals surface area contributed by atoms with Crippen LogP contribution in [0.4, 0.5) is 5.69 Å². The monoisotopic (exact) mass is 381 g/mol. The molecular formula is C21H19NO4S. The summed E-state index contributed by atoms with van der Waals surface area (Å²) in [5.74, 6) is -1.07. The maximum absolute atomic E-state index is 12.1. The second-order valence-corrected chi connectivity index (χ2v) is 7.36. The molecule has 0 bridgehead atoms. The van der Waals surface area contributed by atoms with Gasteiger partial charge in [0.1, 0.15) is 0 Å². The van der Waals surface area contributed by atoms with Crippen LogP contribution in [0.25, 0.3) is 10.8 Å². The Hall–Kier alpha value is -2.99. The van der Waals surface area contributed by atoms with Crippen LogP contribution < -0.4 is 5.32 Å². The second-order valence-electron chi connectivity index (χ2n) is 6.07. The van der Waals surface area contributed by atoms with Gasteiger partial charge in [-0.1, -0.05) is 36.4 Å². The number of thiophene rings is 1. The number of carbonyl (C=O) groups is 3. The molecule has 0 aliphatic heterocycles. The quantitative estimate of drug-likeness (QED) is 0.488. The minimum absolute atomic E-state index is 0.0443. The van der Waals surface area contributed by atoms with Gasteiger partial charge in [-0.05, 0) is 30.5 Å². The van der Waals surface area contributed by atoms with E-state index in [2.05, 4.69) is 5.32 Å². The highest BCUT2D eigenvalue weighted by Crippen LogP contribution is 2.22. The first-order valence-corrected chi connectivity index (χ1v) is 9.37. The summed E-state index contributed by atoms with van der Waals surface area (Å²) in [5.41, 5.74) is 0.664. The summed E-state index contributed by atoms with van der Waals surface area (Å²) < 4.78 is 4.98. The van der Waals surface area contributed by atoms with Gasteiger partial charge in [0.25, 0.3) is 5.91 Å². The van der Waals surface area contributed by atoms with Gasteiger partial charge in [0, 0.05) is 22.4 Å². The van der Waals surface area contributed by atoms with Crippen LogP contribution in [0.3, 0.4) is 0 Å². The Labute approximate surface area is 161 Å². The molecule has 0 radical (unpaired) electrons. The molecule has 0 unspecified atom stereocenters. The summed E-state index contributed by atoms with van der Waals surface area (Å²) in [5, 5.41) is 4.67. The lowest BCUT2D eigenvalue weighted by molar-refractivity contribution is -0.147. The number of esters is 1. The first-order chi connectivity index (χ1) is 13.0. The molecule has 0 atom stereocenters. The van der Waals surface area contributed by atoms with Crippen molar-refractivity contribution in [1.82, 2.24) is 0 Å². The summed E-state index contributed by atoms with van der Waals surface area (Å²) in [6.45, 7) is 1.54. The predicted molar refractivity (Wildman–Crippen MR) is 106 cm³/mol. The fraction of sp³-hybridized carbons (Fsp3) is 0.190. The van der Waals surface area contributed by atoms with Crippen molar-refractivity contribution in [2.45, 2.75) is 19.8 Å². The van der Waals surface area contributed by atoms with E-state index in [0.717, 1.165) is 15.6 Å². The molecule has 1 heterocycles. The number of aryl methyl sites for hydroxylation is 1. The highest BCUT2D eigenvalue weighted by atomic mass is 32.1. The van der Waals surface area contributed by atoms with Crippen LogP contribution >= 0.6 is 11.3 Å². The van der Waals surface area contributed by atoms with Crippen molar-refractivity contribution in [3.05, 3.63) is 64.4 Å². The molecule has 1 amide bonds. The van der Waals surface area contributed by atoms with E-state index in [9.17, 15) is 14.4 Å². The van der Waals surface area contributed by atoms with Crippen LogP contribution in [0.5, 0.6) is 0 Å². The first-order valence-electron chi connectivity index (χ1n) is 8.56. The van der Waals surface area contributed by atoms with Crippen molar-refractivity contribution < 1.29 is 19.1 Å². The number of carbonyl (C=O) groups excluding carboxylic acids is 3. The average Bonchev–Trinajstić information content (AvgIpc) is 3.11. The van der Waals surface area contributed by atoms with E-state index in [1.807, 2.05) is 49.4 Å². The Morgan fingerprint density at radius 2 is 1.74 bits per heavy atom. The van der Waals surface area contributed by atoms with Gasteiger partial charge < -0.3 is 10.1 Å². The second kappa shape index (κ2) is 8.60. The maximum atomic E-state index is 12.1. The van der Waals surface area contributed by atoms with Gasteiger partial charge in [-0.25, -0.2) is 0 Å². The van der Waals surface area contributed by atoms with Gasteiger partial charge in [-0.2, -0.15) is 0 Å². The lowest BCUT2D eigenvalue weighted by atomic mass is 10.1. The van der Waals surface area contributed by atoms with Crippen molar-refractivity contribution >= 4 is 45.5 Å². The number of nitrogens with one attached hydrogen (secondary N) is 1. The van der Waals surface area contributed by atoms with E-state index in [4.69, 9.17) is 4.74 Å². The van der Waals surface area contributed by atoms with E-state index in [0.29, 0.717) is 10.6 Å². The molecule has 0 saturated heterocycles. The van der Waals surface area contributed by atoms with E-state index >= 15 is 0 Å². The summed E-state index contributed by atoms with van der Waals surface area (Å²) in [6, 6.07) is 16.9. The van der Waals surface area contributed by atoms with Crippen LogP contribution in [-0.2, 0) is 14.3 Å².